The van der Waals surface area contributed by atoms with Gasteiger partial charge in [0.2, 0.25) is 0 Å². The molecule has 1 heterocycles. The first-order valence-electron chi connectivity index (χ1n) is 10.2. The minimum Gasteiger partial charge on any atom is -0.357 e. The standard InChI is InChI=1S/C23H25F2N5.HI/c1-2-26-23(29-21-13-18(21)22-19(24)9-5-10-20(22)25)27-14-16-7-3-4-8-17(16)15-30-12-6-11-28-30;/h3-12,18,21H,2,13-15H2,1H3,(H2,26,27,29);1H. The van der Waals surface area contributed by atoms with Gasteiger partial charge in [-0.15, -0.1) is 24.0 Å². The molecular formula is C23H26F2IN5. The minimum absolute atomic E-state index is 0. The average Bonchev–Trinajstić information content (AvgIpc) is 3.27. The third-order valence-electron chi connectivity index (χ3n) is 5.24. The fourth-order valence-corrected chi connectivity index (χ4v) is 3.63. The Hall–Kier alpha value is -2.49. The lowest BCUT2D eigenvalue weighted by Crippen LogP contribution is -2.39. The van der Waals surface area contributed by atoms with Crippen molar-refractivity contribution in [1.82, 2.24) is 20.4 Å². The van der Waals surface area contributed by atoms with Crippen LogP contribution in [0.3, 0.4) is 0 Å². The summed E-state index contributed by atoms with van der Waals surface area (Å²) in [5.41, 5.74) is 2.42. The van der Waals surface area contributed by atoms with Crippen molar-refractivity contribution in [2.75, 3.05) is 6.54 Å². The van der Waals surface area contributed by atoms with Crippen LogP contribution < -0.4 is 10.6 Å². The van der Waals surface area contributed by atoms with Crippen LogP contribution in [-0.2, 0) is 13.1 Å². The first-order chi connectivity index (χ1) is 14.7. The molecule has 1 saturated carbocycles. The number of nitrogens with zero attached hydrogens (tertiary/aromatic N) is 3. The Kier molecular flexibility index (Phi) is 8.00. The average molecular weight is 537 g/mol. The maximum atomic E-state index is 14.0. The molecule has 5 nitrogen and oxygen atoms in total. The molecule has 0 aliphatic heterocycles. The fourth-order valence-electron chi connectivity index (χ4n) is 3.63. The highest BCUT2D eigenvalue weighted by molar-refractivity contribution is 14.0. The zero-order chi connectivity index (χ0) is 20.9. The van der Waals surface area contributed by atoms with Crippen LogP contribution in [0, 0.1) is 11.6 Å². The predicted octanol–water partition coefficient (Wildman–Crippen LogP) is 4.44. The topological polar surface area (TPSA) is 54.2 Å². The van der Waals surface area contributed by atoms with Gasteiger partial charge in [0, 0.05) is 36.5 Å². The third-order valence-corrected chi connectivity index (χ3v) is 5.24. The van der Waals surface area contributed by atoms with Crippen LogP contribution in [0.4, 0.5) is 8.78 Å². The zero-order valence-electron chi connectivity index (χ0n) is 17.3. The molecule has 1 fully saturated rings. The molecule has 1 aliphatic carbocycles. The van der Waals surface area contributed by atoms with Crippen molar-refractivity contribution in [2.45, 2.75) is 38.4 Å². The predicted molar refractivity (Wildman–Crippen MR) is 129 cm³/mol. The largest absolute Gasteiger partial charge is 0.357 e. The summed E-state index contributed by atoms with van der Waals surface area (Å²) in [6.07, 6.45) is 4.37. The summed E-state index contributed by atoms with van der Waals surface area (Å²) in [6.45, 7) is 3.87. The molecule has 0 saturated heterocycles. The Labute approximate surface area is 198 Å². The highest BCUT2D eigenvalue weighted by atomic mass is 127. The third kappa shape index (κ3) is 5.81. The molecule has 3 aromatic rings. The van der Waals surface area contributed by atoms with Gasteiger partial charge in [-0.25, -0.2) is 13.8 Å². The van der Waals surface area contributed by atoms with E-state index in [2.05, 4.69) is 27.9 Å². The second-order valence-corrected chi connectivity index (χ2v) is 7.40. The van der Waals surface area contributed by atoms with Crippen LogP contribution in [0.15, 0.2) is 65.9 Å². The summed E-state index contributed by atoms with van der Waals surface area (Å²) in [4.78, 5) is 4.70. The van der Waals surface area contributed by atoms with Crippen molar-refractivity contribution in [3.63, 3.8) is 0 Å². The van der Waals surface area contributed by atoms with Crippen LogP contribution in [0.25, 0.3) is 0 Å². The number of benzene rings is 2. The van der Waals surface area contributed by atoms with Gasteiger partial charge in [0.05, 0.1) is 13.1 Å². The summed E-state index contributed by atoms with van der Waals surface area (Å²) in [6, 6.07) is 14.0. The molecule has 2 unspecified atom stereocenters. The second kappa shape index (κ2) is 10.7. The van der Waals surface area contributed by atoms with E-state index in [0.29, 0.717) is 32.0 Å². The molecule has 0 radical (unpaired) electrons. The normalized spacial score (nSPS) is 17.7. The second-order valence-electron chi connectivity index (χ2n) is 7.40. The molecule has 2 aromatic carbocycles. The molecule has 1 aromatic heterocycles. The molecule has 0 bridgehead atoms. The van der Waals surface area contributed by atoms with Gasteiger partial charge in [0.15, 0.2) is 5.96 Å². The van der Waals surface area contributed by atoms with E-state index in [4.69, 9.17) is 4.99 Å². The van der Waals surface area contributed by atoms with Crippen molar-refractivity contribution >= 4 is 29.9 Å². The van der Waals surface area contributed by atoms with Gasteiger partial charge in [0.1, 0.15) is 11.6 Å². The smallest absolute Gasteiger partial charge is 0.191 e. The van der Waals surface area contributed by atoms with Gasteiger partial charge in [-0.3, -0.25) is 4.68 Å². The number of hydrogen-bond donors (Lipinski definition) is 2. The summed E-state index contributed by atoms with van der Waals surface area (Å²) >= 11 is 0. The highest BCUT2D eigenvalue weighted by Crippen LogP contribution is 2.43. The monoisotopic (exact) mass is 537 g/mol. The molecule has 31 heavy (non-hydrogen) atoms. The fraction of sp³-hybridized carbons (Fsp3) is 0.304. The lowest BCUT2D eigenvalue weighted by molar-refractivity contribution is 0.553. The number of aromatic nitrogens is 2. The first kappa shape index (κ1) is 23.2. The summed E-state index contributed by atoms with van der Waals surface area (Å²) < 4.78 is 30.0. The Morgan fingerprint density at radius 3 is 2.52 bits per heavy atom. The van der Waals surface area contributed by atoms with E-state index >= 15 is 0 Å². The minimum atomic E-state index is -0.487. The molecule has 0 spiro atoms. The molecule has 8 heteroatoms. The van der Waals surface area contributed by atoms with E-state index in [9.17, 15) is 8.78 Å². The lowest BCUT2D eigenvalue weighted by Gasteiger charge is -2.13. The summed E-state index contributed by atoms with van der Waals surface area (Å²) in [7, 11) is 0. The lowest BCUT2D eigenvalue weighted by atomic mass is 10.1. The van der Waals surface area contributed by atoms with Crippen LogP contribution in [0.2, 0.25) is 0 Å². The zero-order valence-corrected chi connectivity index (χ0v) is 19.6. The van der Waals surface area contributed by atoms with E-state index < -0.39 is 11.6 Å². The Bertz CT molecular complexity index is 1000. The quantitative estimate of drug-likeness (QED) is 0.266. The van der Waals surface area contributed by atoms with Crippen molar-refractivity contribution in [1.29, 1.82) is 0 Å². The van der Waals surface area contributed by atoms with E-state index in [1.54, 1.807) is 6.20 Å². The van der Waals surface area contributed by atoms with Gasteiger partial charge in [-0.2, -0.15) is 5.10 Å². The molecule has 164 valence electrons. The van der Waals surface area contributed by atoms with Crippen molar-refractivity contribution in [2.24, 2.45) is 4.99 Å². The Morgan fingerprint density at radius 1 is 1.10 bits per heavy atom. The van der Waals surface area contributed by atoms with Gasteiger partial charge in [0.25, 0.3) is 0 Å². The van der Waals surface area contributed by atoms with Gasteiger partial charge in [-0.05, 0) is 42.7 Å². The Morgan fingerprint density at radius 2 is 1.84 bits per heavy atom. The van der Waals surface area contributed by atoms with Crippen LogP contribution in [0.5, 0.6) is 0 Å². The van der Waals surface area contributed by atoms with Crippen LogP contribution >= 0.6 is 24.0 Å². The molecule has 4 rings (SSSR count). The van der Waals surface area contributed by atoms with Crippen LogP contribution in [-0.4, -0.2) is 28.3 Å². The number of rotatable bonds is 7. The number of guanidine groups is 1. The van der Waals surface area contributed by atoms with Crippen molar-refractivity contribution in [3.8, 4) is 0 Å². The SMILES string of the molecule is CCNC(=NCc1ccccc1Cn1cccn1)NC1CC1c1c(F)cccc1F.I. The van der Waals surface area contributed by atoms with Gasteiger partial charge < -0.3 is 10.6 Å². The van der Waals surface area contributed by atoms with Crippen molar-refractivity contribution < 1.29 is 8.78 Å². The van der Waals surface area contributed by atoms with E-state index in [1.165, 1.54) is 18.2 Å². The number of halogens is 3. The first-order valence-corrected chi connectivity index (χ1v) is 10.2. The maximum Gasteiger partial charge on any atom is 0.191 e. The number of aliphatic imine (C=N–C) groups is 1. The van der Waals surface area contributed by atoms with Gasteiger partial charge in [-0.1, -0.05) is 30.3 Å². The molecule has 2 N–H and O–H groups in total. The number of nitrogens with one attached hydrogen (secondary N) is 2. The van der Waals surface area contributed by atoms with E-state index in [-0.39, 0.29) is 41.5 Å². The molecule has 2 atom stereocenters. The Balaban J connectivity index is 0.00000272. The molecule has 0 amide bonds. The van der Waals surface area contributed by atoms with E-state index in [1.807, 2.05) is 36.0 Å². The molecule has 1 aliphatic rings. The molecular weight excluding hydrogens is 511 g/mol. The van der Waals surface area contributed by atoms with Crippen LogP contribution in [0.1, 0.15) is 36.0 Å². The summed E-state index contributed by atoms with van der Waals surface area (Å²) in [5.74, 6) is -0.504. The number of hydrogen-bond acceptors (Lipinski definition) is 2. The maximum absolute atomic E-state index is 14.0. The van der Waals surface area contributed by atoms with Gasteiger partial charge >= 0.3 is 0 Å². The summed E-state index contributed by atoms with van der Waals surface area (Å²) in [5, 5.41) is 10.8. The highest BCUT2D eigenvalue weighted by Gasteiger charge is 2.42. The van der Waals surface area contributed by atoms with E-state index in [0.717, 1.165) is 11.1 Å². The van der Waals surface area contributed by atoms with Crippen molar-refractivity contribution in [3.05, 3.63) is 89.2 Å².